The number of hydrogen-bond donors (Lipinski definition) is 1. The van der Waals surface area contributed by atoms with Gasteiger partial charge in [-0.25, -0.2) is 4.98 Å². The number of aromatic nitrogens is 2. The molecule has 2 rings (SSSR count). The van der Waals surface area contributed by atoms with Crippen molar-refractivity contribution in [3.05, 3.63) is 11.8 Å². The van der Waals surface area contributed by atoms with E-state index in [0.717, 1.165) is 11.8 Å². The van der Waals surface area contributed by atoms with Gasteiger partial charge in [0.2, 0.25) is 5.95 Å². The maximum absolute atomic E-state index is 12.9. The van der Waals surface area contributed by atoms with E-state index in [9.17, 15) is 13.2 Å². The molecule has 1 atom stereocenters. The lowest BCUT2D eigenvalue weighted by Crippen LogP contribution is -2.37. The van der Waals surface area contributed by atoms with Crippen molar-refractivity contribution in [3.63, 3.8) is 0 Å². The monoisotopic (exact) mass is 306 g/mol. The van der Waals surface area contributed by atoms with E-state index in [4.69, 9.17) is 0 Å². The molecule has 1 aromatic heterocycles. The molecule has 1 unspecified atom stereocenters. The van der Waals surface area contributed by atoms with Gasteiger partial charge in [0, 0.05) is 36.7 Å². The minimum atomic E-state index is -4.46. The van der Waals surface area contributed by atoms with Gasteiger partial charge in [-0.05, 0) is 6.92 Å². The third kappa shape index (κ3) is 3.68. The second-order valence-corrected chi connectivity index (χ2v) is 6.14. The molecule has 0 spiro atoms. The van der Waals surface area contributed by atoms with Crippen LogP contribution >= 0.6 is 11.8 Å². The van der Waals surface area contributed by atoms with Crippen molar-refractivity contribution in [2.24, 2.45) is 0 Å². The molecule has 1 aliphatic rings. The maximum atomic E-state index is 12.9. The highest BCUT2D eigenvalue weighted by atomic mass is 32.2. The van der Waals surface area contributed by atoms with Crippen molar-refractivity contribution in [2.75, 3.05) is 35.6 Å². The SMILES string of the molecule is CCNc1nc(N2CCSC(C)C2)cc(C(F)(F)F)n1. The van der Waals surface area contributed by atoms with E-state index in [1.807, 2.05) is 16.7 Å². The Bertz CT molecular complexity index is 467. The summed E-state index contributed by atoms with van der Waals surface area (Å²) in [5.74, 6) is 1.27. The number of anilines is 2. The van der Waals surface area contributed by atoms with E-state index < -0.39 is 11.9 Å². The summed E-state index contributed by atoms with van der Waals surface area (Å²) in [7, 11) is 0. The second-order valence-electron chi connectivity index (χ2n) is 4.59. The van der Waals surface area contributed by atoms with Gasteiger partial charge in [0.1, 0.15) is 5.82 Å². The molecule has 20 heavy (non-hydrogen) atoms. The quantitative estimate of drug-likeness (QED) is 0.930. The molecule has 8 heteroatoms. The van der Waals surface area contributed by atoms with E-state index in [0.29, 0.717) is 30.7 Å². The molecule has 0 aliphatic carbocycles. The van der Waals surface area contributed by atoms with E-state index >= 15 is 0 Å². The van der Waals surface area contributed by atoms with Gasteiger partial charge in [0.25, 0.3) is 0 Å². The topological polar surface area (TPSA) is 41.1 Å². The molecular weight excluding hydrogens is 289 g/mol. The molecule has 1 saturated heterocycles. The van der Waals surface area contributed by atoms with Crippen LogP contribution in [0, 0.1) is 0 Å². The molecule has 1 aromatic rings. The Morgan fingerprint density at radius 1 is 1.45 bits per heavy atom. The number of alkyl halides is 3. The summed E-state index contributed by atoms with van der Waals surface area (Å²) in [5, 5.41) is 3.14. The zero-order valence-electron chi connectivity index (χ0n) is 11.4. The minimum Gasteiger partial charge on any atom is -0.355 e. The van der Waals surface area contributed by atoms with E-state index in [2.05, 4.69) is 22.2 Å². The van der Waals surface area contributed by atoms with Crippen LogP contribution in [0.25, 0.3) is 0 Å². The molecule has 1 fully saturated rings. The van der Waals surface area contributed by atoms with Crippen LogP contribution in [-0.4, -0.2) is 40.6 Å². The first-order valence-electron chi connectivity index (χ1n) is 6.47. The Morgan fingerprint density at radius 2 is 2.20 bits per heavy atom. The van der Waals surface area contributed by atoms with Gasteiger partial charge in [-0.1, -0.05) is 6.92 Å². The highest BCUT2D eigenvalue weighted by Crippen LogP contribution is 2.31. The van der Waals surface area contributed by atoms with E-state index in [-0.39, 0.29) is 5.95 Å². The first-order valence-corrected chi connectivity index (χ1v) is 7.51. The summed E-state index contributed by atoms with van der Waals surface area (Å²) in [6.45, 7) is 5.74. The fraction of sp³-hybridized carbons (Fsp3) is 0.667. The zero-order valence-corrected chi connectivity index (χ0v) is 12.2. The number of nitrogens with one attached hydrogen (secondary N) is 1. The van der Waals surface area contributed by atoms with Gasteiger partial charge in [-0.2, -0.15) is 29.9 Å². The lowest BCUT2D eigenvalue weighted by atomic mass is 10.3. The zero-order chi connectivity index (χ0) is 14.8. The van der Waals surface area contributed by atoms with Crippen molar-refractivity contribution in [1.82, 2.24) is 9.97 Å². The third-order valence-corrected chi connectivity index (χ3v) is 4.04. The van der Waals surface area contributed by atoms with E-state index in [1.165, 1.54) is 0 Å². The van der Waals surface area contributed by atoms with E-state index in [1.54, 1.807) is 6.92 Å². The normalized spacial score (nSPS) is 20.1. The molecule has 0 saturated carbocycles. The molecule has 4 nitrogen and oxygen atoms in total. The van der Waals surface area contributed by atoms with Gasteiger partial charge in [-0.15, -0.1) is 0 Å². The first-order chi connectivity index (χ1) is 9.40. The van der Waals surface area contributed by atoms with Crippen molar-refractivity contribution >= 4 is 23.5 Å². The van der Waals surface area contributed by atoms with Gasteiger partial charge in [0.15, 0.2) is 5.69 Å². The average molecular weight is 306 g/mol. The predicted molar refractivity (Wildman–Crippen MR) is 75.3 cm³/mol. The molecule has 1 aliphatic heterocycles. The second kappa shape index (κ2) is 6.07. The Morgan fingerprint density at radius 3 is 2.80 bits per heavy atom. The minimum absolute atomic E-state index is 0.0307. The third-order valence-electron chi connectivity index (χ3n) is 2.90. The Labute approximate surface area is 120 Å². The number of halogens is 3. The summed E-state index contributed by atoms with van der Waals surface area (Å²) in [5.41, 5.74) is -0.899. The van der Waals surface area contributed by atoms with Crippen LogP contribution < -0.4 is 10.2 Å². The molecule has 1 N–H and O–H groups in total. The van der Waals surface area contributed by atoms with Crippen molar-refractivity contribution in [3.8, 4) is 0 Å². The highest BCUT2D eigenvalue weighted by molar-refractivity contribution is 8.00. The molecular formula is C12H17F3N4S. The molecule has 0 bridgehead atoms. The van der Waals surface area contributed by atoms with Crippen molar-refractivity contribution in [2.45, 2.75) is 25.3 Å². The standard InChI is InChI=1S/C12H17F3N4S/c1-3-16-11-17-9(12(13,14)15)6-10(18-11)19-4-5-20-8(2)7-19/h6,8H,3-5,7H2,1-2H3,(H,16,17,18). The summed E-state index contributed by atoms with van der Waals surface area (Å²) in [4.78, 5) is 9.61. The summed E-state index contributed by atoms with van der Waals surface area (Å²) in [6.07, 6.45) is -4.46. The fourth-order valence-electron chi connectivity index (χ4n) is 2.01. The highest BCUT2D eigenvalue weighted by Gasteiger charge is 2.34. The Kier molecular flexibility index (Phi) is 4.62. The molecule has 2 heterocycles. The Hall–Kier alpha value is -1.18. The predicted octanol–water partition coefficient (Wildman–Crippen LogP) is 2.87. The van der Waals surface area contributed by atoms with Crippen LogP contribution in [0.4, 0.5) is 24.9 Å². The van der Waals surface area contributed by atoms with Crippen LogP contribution in [0.1, 0.15) is 19.5 Å². The van der Waals surface area contributed by atoms with Crippen LogP contribution in [0.2, 0.25) is 0 Å². The summed E-state index contributed by atoms with van der Waals surface area (Å²) >= 11 is 1.82. The number of rotatable bonds is 3. The Balaban J connectivity index is 2.33. The summed E-state index contributed by atoms with van der Waals surface area (Å²) < 4.78 is 38.7. The van der Waals surface area contributed by atoms with Crippen molar-refractivity contribution in [1.29, 1.82) is 0 Å². The van der Waals surface area contributed by atoms with Crippen LogP contribution in [0.15, 0.2) is 6.07 Å². The summed E-state index contributed by atoms with van der Waals surface area (Å²) in [6, 6.07) is 1.03. The molecule has 0 radical (unpaired) electrons. The molecule has 112 valence electrons. The largest absolute Gasteiger partial charge is 0.433 e. The molecule has 0 amide bonds. The van der Waals surface area contributed by atoms with Crippen molar-refractivity contribution < 1.29 is 13.2 Å². The average Bonchev–Trinajstić information content (AvgIpc) is 2.38. The van der Waals surface area contributed by atoms with Crippen LogP contribution in [0.3, 0.4) is 0 Å². The number of hydrogen-bond acceptors (Lipinski definition) is 5. The van der Waals surface area contributed by atoms with Gasteiger partial charge < -0.3 is 10.2 Å². The van der Waals surface area contributed by atoms with Gasteiger partial charge >= 0.3 is 6.18 Å². The smallest absolute Gasteiger partial charge is 0.355 e. The maximum Gasteiger partial charge on any atom is 0.433 e. The van der Waals surface area contributed by atoms with Gasteiger partial charge in [0.05, 0.1) is 0 Å². The van der Waals surface area contributed by atoms with Crippen LogP contribution in [0.5, 0.6) is 0 Å². The number of nitrogens with zero attached hydrogens (tertiary/aromatic N) is 3. The lowest BCUT2D eigenvalue weighted by molar-refractivity contribution is -0.141. The lowest BCUT2D eigenvalue weighted by Gasteiger charge is -2.31. The van der Waals surface area contributed by atoms with Gasteiger partial charge in [-0.3, -0.25) is 0 Å². The first kappa shape index (κ1) is 15.2. The fourth-order valence-corrected chi connectivity index (χ4v) is 3.02. The number of thioether (sulfide) groups is 1. The van der Waals surface area contributed by atoms with Crippen LogP contribution in [-0.2, 0) is 6.18 Å². The molecule has 0 aromatic carbocycles.